The Bertz CT molecular complexity index is 419. The van der Waals surface area contributed by atoms with Gasteiger partial charge in [-0.2, -0.15) is 0 Å². The minimum absolute atomic E-state index is 0.0672. The van der Waals surface area contributed by atoms with E-state index in [9.17, 15) is 13.2 Å². The van der Waals surface area contributed by atoms with Crippen molar-refractivity contribution in [2.75, 3.05) is 5.75 Å². The summed E-state index contributed by atoms with van der Waals surface area (Å²) >= 11 is 1.36. The van der Waals surface area contributed by atoms with Crippen LogP contribution in [0.3, 0.4) is 0 Å². The van der Waals surface area contributed by atoms with E-state index in [0.29, 0.717) is 0 Å². The molecule has 0 bridgehead atoms. The summed E-state index contributed by atoms with van der Waals surface area (Å²) in [5.74, 6) is -2.30. The fraction of sp³-hybridized carbons (Fsp3) is 0.444. The van der Waals surface area contributed by atoms with Crippen LogP contribution >= 0.6 is 11.3 Å². The molecular weight excluding hydrogens is 236 g/mol. The van der Waals surface area contributed by atoms with Crippen LogP contribution in [0.15, 0.2) is 17.5 Å². The third kappa shape index (κ3) is 4.01. The zero-order valence-electron chi connectivity index (χ0n) is 8.21. The van der Waals surface area contributed by atoms with Gasteiger partial charge in [0.1, 0.15) is 0 Å². The van der Waals surface area contributed by atoms with Crippen molar-refractivity contribution in [3.63, 3.8) is 0 Å². The Balaban J connectivity index is 2.64. The van der Waals surface area contributed by atoms with Gasteiger partial charge >= 0.3 is 5.97 Å². The first-order valence-corrected chi connectivity index (χ1v) is 7.06. The second-order valence-corrected chi connectivity index (χ2v) is 6.51. The van der Waals surface area contributed by atoms with Crippen molar-refractivity contribution in [2.45, 2.75) is 12.7 Å². The van der Waals surface area contributed by atoms with Crippen LogP contribution in [-0.2, 0) is 20.4 Å². The van der Waals surface area contributed by atoms with E-state index in [1.54, 1.807) is 17.5 Å². The highest BCUT2D eigenvalue weighted by atomic mass is 32.2. The molecule has 0 aliphatic carbocycles. The van der Waals surface area contributed by atoms with E-state index in [-0.39, 0.29) is 11.5 Å². The molecule has 1 rings (SSSR count). The Hall–Kier alpha value is -0.880. The monoisotopic (exact) mass is 248 g/mol. The predicted molar refractivity (Wildman–Crippen MR) is 58.6 cm³/mol. The molecule has 84 valence electrons. The minimum Gasteiger partial charge on any atom is -0.481 e. The van der Waals surface area contributed by atoms with Gasteiger partial charge in [-0.05, 0) is 11.4 Å². The van der Waals surface area contributed by atoms with Gasteiger partial charge in [0.15, 0.2) is 9.84 Å². The molecule has 0 fully saturated rings. The van der Waals surface area contributed by atoms with Gasteiger partial charge in [-0.3, -0.25) is 4.79 Å². The maximum Gasteiger partial charge on any atom is 0.307 e. The van der Waals surface area contributed by atoms with Crippen LogP contribution < -0.4 is 0 Å². The molecule has 0 aliphatic heterocycles. The highest BCUT2D eigenvalue weighted by Crippen LogP contribution is 2.14. The van der Waals surface area contributed by atoms with Crippen molar-refractivity contribution < 1.29 is 18.3 Å². The second kappa shape index (κ2) is 4.76. The highest BCUT2D eigenvalue weighted by molar-refractivity contribution is 7.90. The summed E-state index contributed by atoms with van der Waals surface area (Å²) in [4.78, 5) is 11.3. The summed E-state index contributed by atoms with van der Waals surface area (Å²) in [7, 11) is -3.32. The molecule has 0 saturated carbocycles. The van der Waals surface area contributed by atoms with Crippen molar-refractivity contribution in [3.8, 4) is 0 Å². The molecule has 1 heterocycles. The SMILES string of the molecule is CC(CS(=O)(=O)Cc1cccs1)C(=O)O. The van der Waals surface area contributed by atoms with Crippen LogP contribution in [0.1, 0.15) is 11.8 Å². The molecule has 1 atom stereocenters. The summed E-state index contributed by atoms with van der Waals surface area (Å²) < 4.78 is 23.1. The Morgan fingerprint density at radius 2 is 2.27 bits per heavy atom. The largest absolute Gasteiger partial charge is 0.481 e. The number of thiophene rings is 1. The molecule has 0 aliphatic rings. The first-order chi connectivity index (χ1) is 6.91. The van der Waals surface area contributed by atoms with Crippen LogP contribution in [0.5, 0.6) is 0 Å². The van der Waals surface area contributed by atoms with Gasteiger partial charge in [0.25, 0.3) is 0 Å². The van der Waals surface area contributed by atoms with Gasteiger partial charge < -0.3 is 5.11 Å². The Morgan fingerprint density at radius 3 is 2.73 bits per heavy atom. The quantitative estimate of drug-likeness (QED) is 0.854. The Kier molecular flexibility index (Phi) is 3.87. The fourth-order valence-electron chi connectivity index (χ4n) is 1.12. The van der Waals surface area contributed by atoms with Crippen molar-refractivity contribution in [1.82, 2.24) is 0 Å². The van der Waals surface area contributed by atoms with Crippen molar-refractivity contribution >= 4 is 27.1 Å². The van der Waals surface area contributed by atoms with Crippen LogP contribution in [-0.4, -0.2) is 25.2 Å². The maximum absolute atomic E-state index is 11.6. The number of carboxylic acid groups (broad SMARTS) is 1. The molecule has 15 heavy (non-hydrogen) atoms. The maximum atomic E-state index is 11.6. The van der Waals surface area contributed by atoms with E-state index in [1.807, 2.05) is 0 Å². The molecule has 1 unspecified atom stereocenters. The number of hydrogen-bond donors (Lipinski definition) is 1. The normalized spacial score (nSPS) is 13.7. The molecule has 0 spiro atoms. The van der Waals surface area contributed by atoms with Gasteiger partial charge in [0.05, 0.1) is 17.4 Å². The van der Waals surface area contributed by atoms with Crippen molar-refractivity contribution in [3.05, 3.63) is 22.4 Å². The van der Waals surface area contributed by atoms with E-state index in [1.165, 1.54) is 18.3 Å². The van der Waals surface area contributed by atoms with Gasteiger partial charge in [0.2, 0.25) is 0 Å². The number of aliphatic carboxylic acids is 1. The molecule has 6 heteroatoms. The van der Waals surface area contributed by atoms with E-state index in [4.69, 9.17) is 5.11 Å². The molecule has 0 radical (unpaired) electrons. The molecule has 4 nitrogen and oxygen atoms in total. The van der Waals surface area contributed by atoms with Crippen LogP contribution in [0.25, 0.3) is 0 Å². The number of hydrogen-bond acceptors (Lipinski definition) is 4. The van der Waals surface area contributed by atoms with E-state index < -0.39 is 21.7 Å². The van der Waals surface area contributed by atoms with Crippen LogP contribution in [0, 0.1) is 5.92 Å². The highest BCUT2D eigenvalue weighted by Gasteiger charge is 2.21. The average Bonchev–Trinajstić information content (AvgIpc) is 2.54. The van der Waals surface area contributed by atoms with Crippen molar-refractivity contribution in [1.29, 1.82) is 0 Å². The summed E-state index contributed by atoms with van der Waals surface area (Å²) in [5, 5.41) is 10.4. The molecular formula is C9H12O4S2. The molecule has 0 aromatic carbocycles. The lowest BCUT2D eigenvalue weighted by Crippen LogP contribution is -2.21. The number of carboxylic acids is 1. The Labute approximate surface area is 92.5 Å². The van der Waals surface area contributed by atoms with Gasteiger partial charge in [-0.25, -0.2) is 8.42 Å². The zero-order chi connectivity index (χ0) is 11.5. The Morgan fingerprint density at radius 1 is 1.60 bits per heavy atom. The molecule has 0 saturated heterocycles. The van der Waals surface area contributed by atoms with Crippen LogP contribution in [0.4, 0.5) is 0 Å². The summed E-state index contributed by atoms with van der Waals surface area (Å²) in [6, 6.07) is 3.50. The van der Waals surface area contributed by atoms with Crippen molar-refractivity contribution in [2.24, 2.45) is 5.92 Å². The molecule has 0 amide bonds. The van der Waals surface area contributed by atoms with Gasteiger partial charge in [0, 0.05) is 4.88 Å². The summed E-state index contributed by atoms with van der Waals surface area (Å²) in [6.45, 7) is 1.40. The topological polar surface area (TPSA) is 71.4 Å². The number of sulfone groups is 1. The molecule has 1 aromatic rings. The third-order valence-electron chi connectivity index (χ3n) is 1.87. The minimum atomic E-state index is -3.32. The van der Waals surface area contributed by atoms with E-state index in [0.717, 1.165) is 4.88 Å². The first kappa shape index (κ1) is 12.2. The van der Waals surface area contributed by atoms with Crippen LogP contribution in [0.2, 0.25) is 0 Å². The lowest BCUT2D eigenvalue weighted by molar-refractivity contribution is -0.140. The third-order valence-corrected chi connectivity index (χ3v) is 4.69. The van der Waals surface area contributed by atoms with Gasteiger partial charge in [-0.15, -0.1) is 11.3 Å². The zero-order valence-corrected chi connectivity index (χ0v) is 9.85. The molecule has 1 N–H and O–H groups in total. The average molecular weight is 248 g/mol. The number of rotatable bonds is 5. The lowest BCUT2D eigenvalue weighted by Gasteiger charge is -2.06. The predicted octanol–water partition coefficient (Wildman–Crippen LogP) is 1.38. The van der Waals surface area contributed by atoms with E-state index >= 15 is 0 Å². The smallest absolute Gasteiger partial charge is 0.307 e. The standard InChI is InChI=1S/C9H12O4S2/c1-7(9(10)11)5-15(12,13)6-8-3-2-4-14-8/h2-4,7H,5-6H2,1H3,(H,10,11). The lowest BCUT2D eigenvalue weighted by atomic mass is 10.2. The summed E-state index contributed by atoms with van der Waals surface area (Å²) in [5.41, 5.74) is 0. The van der Waals surface area contributed by atoms with Gasteiger partial charge in [-0.1, -0.05) is 13.0 Å². The summed E-state index contributed by atoms with van der Waals surface area (Å²) in [6.07, 6.45) is 0. The first-order valence-electron chi connectivity index (χ1n) is 4.36. The fourth-order valence-corrected chi connectivity index (χ4v) is 3.97. The number of carbonyl (C=O) groups is 1. The van der Waals surface area contributed by atoms with E-state index in [2.05, 4.69) is 0 Å². The molecule has 1 aromatic heterocycles. The second-order valence-electron chi connectivity index (χ2n) is 3.37.